The Morgan fingerprint density at radius 3 is 2.56 bits per heavy atom. The summed E-state index contributed by atoms with van der Waals surface area (Å²) in [7, 11) is 2.31. The summed E-state index contributed by atoms with van der Waals surface area (Å²) in [5.74, 6) is 3.00. The fourth-order valence-electron chi connectivity index (χ4n) is 3.73. The van der Waals surface area contributed by atoms with Gasteiger partial charge in [0.25, 0.3) is 0 Å². The Kier molecular flexibility index (Phi) is 5.54. The lowest BCUT2D eigenvalue weighted by atomic mass is 9.72. The van der Waals surface area contributed by atoms with Gasteiger partial charge in [-0.25, -0.2) is 0 Å². The van der Waals surface area contributed by atoms with Gasteiger partial charge in [-0.15, -0.1) is 6.58 Å². The molecule has 1 heteroatoms. The number of likely N-dealkylation sites (tertiary alicyclic amines) is 1. The van der Waals surface area contributed by atoms with E-state index in [9.17, 15) is 0 Å². The minimum Gasteiger partial charge on any atom is -0.303 e. The topological polar surface area (TPSA) is 3.24 Å². The third-order valence-electron chi connectivity index (χ3n) is 4.35. The highest BCUT2D eigenvalue weighted by molar-refractivity contribution is 4.93. The summed E-state index contributed by atoms with van der Waals surface area (Å²) in [6, 6.07) is 0.919. The van der Waals surface area contributed by atoms with Gasteiger partial charge >= 0.3 is 0 Å². The average Bonchev–Trinajstić information content (AvgIpc) is 2.61. The number of allylic oxidation sites excluding steroid dienone is 1. The summed E-state index contributed by atoms with van der Waals surface area (Å²) >= 11 is 0. The van der Waals surface area contributed by atoms with Crippen LogP contribution < -0.4 is 0 Å². The molecule has 1 saturated heterocycles. The molecule has 0 aromatic heterocycles. The average molecular weight is 223 g/mol. The molecule has 1 heterocycles. The van der Waals surface area contributed by atoms with Gasteiger partial charge in [-0.05, 0) is 57.5 Å². The molecule has 1 saturated carbocycles. The zero-order valence-corrected chi connectivity index (χ0v) is 11.6. The number of fused-ring (bicyclic) bond motifs is 1. The maximum absolute atomic E-state index is 3.36. The molecule has 1 nitrogen and oxygen atoms in total. The second-order valence-electron chi connectivity index (χ2n) is 5.65. The maximum Gasteiger partial charge on any atom is 0.0147 e. The Hall–Kier alpha value is -0.300. The van der Waals surface area contributed by atoms with E-state index in [1.54, 1.807) is 6.08 Å². The van der Waals surface area contributed by atoms with Crippen LogP contribution in [0.15, 0.2) is 12.7 Å². The van der Waals surface area contributed by atoms with Crippen LogP contribution in [0.25, 0.3) is 0 Å². The van der Waals surface area contributed by atoms with Crippen molar-refractivity contribution in [2.45, 2.75) is 52.5 Å². The lowest BCUT2D eigenvalue weighted by molar-refractivity contribution is 0.113. The van der Waals surface area contributed by atoms with E-state index in [1.807, 2.05) is 6.92 Å². The Balaban J connectivity index is 0.000000386. The van der Waals surface area contributed by atoms with Crippen LogP contribution in [0.4, 0.5) is 0 Å². The zero-order chi connectivity index (χ0) is 12.1. The highest BCUT2D eigenvalue weighted by atomic mass is 15.2. The van der Waals surface area contributed by atoms with Crippen molar-refractivity contribution in [2.24, 2.45) is 17.8 Å². The lowest BCUT2D eigenvalue weighted by Crippen LogP contribution is -2.40. The lowest BCUT2D eigenvalue weighted by Gasteiger charge is -2.39. The van der Waals surface area contributed by atoms with Gasteiger partial charge in [0.1, 0.15) is 0 Å². The molecule has 16 heavy (non-hydrogen) atoms. The fourth-order valence-corrected chi connectivity index (χ4v) is 3.73. The van der Waals surface area contributed by atoms with E-state index in [2.05, 4.69) is 32.4 Å². The molecular formula is C15H29N. The smallest absolute Gasteiger partial charge is 0.0147 e. The third kappa shape index (κ3) is 3.10. The molecule has 4 unspecified atom stereocenters. The fraction of sp³-hybridized carbons (Fsp3) is 0.867. The number of hydrogen-bond acceptors (Lipinski definition) is 1. The molecule has 0 aromatic rings. The van der Waals surface area contributed by atoms with Gasteiger partial charge in [-0.1, -0.05) is 26.3 Å². The molecule has 2 aliphatic rings. The molecule has 0 bridgehead atoms. The predicted octanol–water partition coefficient (Wildman–Crippen LogP) is 3.96. The van der Waals surface area contributed by atoms with Crippen molar-refractivity contribution in [3.63, 3.8) is 0 Å². The molecule has 0 N–H and O–H groups in total. The van der Waals surface area contributed by atoms with Gasteiger partial charge in [0.05, 0.1) is 0 Å². The first kappa shape index (κ1) is 13.8. The molecule has 1 aliphatic heterocycles. The molecule has 2 fully saturated rings. The van der Waals surface area contributed by atoms with Gasteiger partial charge in [-0.2, -0.15) is 0 Å². The van der Waals surface area contributed by atoms with E-state index in [-0.39, 0.29) is 0 Å². The zero-order valence-electron chi connectivity index (χ0n) is 11.6. The summed E-state index contributed by atoms with van der Waals surface area (Å²) in [6.07, 6.45) is 7.59. The van der Waals surface area contributed by atoms with E-state index in [4.69, 9.17) is 0 Å². The summed E-state index contributed by atoms with van der Waals surface area (Å²) < 4.78 is 0. The van der Waals surface area contributed by atoms with E-state index in [1.165, 1.54) is 32.2 Å². The molecule has 1 aliphatic carbocycles. The van der Waals surface area contributed by atoms with Crippen molar-refractivity contribution < 1.29 is 0 Å². The molecule has 2 rings (SSSR count). The minimum atomic E-state index is 0.919. The van der Waals surface area contributed by atoms with Gasteiger partial charge in [-0.3, -0.25) is 0 Å². The van der Waals surface area contributed by atoms with Gasteiger partial charge in [0.2, 0.25) is 0 Å². The van der Waals surface area contributed by atoms with Crippen LogP contribution in [0, 0.1) is 17.8 Å². The van der Waals surface area contributed by atoms with Gasteiger partial charge in [0.15, 0.2) is 0 Å². The quantitative estimate of drug-likeness (QED) is 0.608. The second kappa shape index (κ2) is 6.44. The largest absolute Gasteiger partial charge is 0.303 e. The summed E-state index contributed by atoms with van der Waals surface area (Å²) in [4.78, 5) is 2.60. The SMILES string of the molecule is C=CC.CCC1CC(C)C2C(CCN2C)C1. The molecule has 0 radical (unpaired) electrons. The molecule has 0 aromatic carbocycles. The van der Waals surface area contributed by atoms with Crippen molar-refractivity contribution in [2.75, 3.05) is 13.6 Å². The van der Waals surface area contributed by atoms with Crippen LogP contribution >= 0.6 is 0 Å². The van der Waals surface area contributed by atoms with Crippen LogP contribution in [0.1, 0.15) is 46.5 Å². The monoisotopic (exact) mass is 223 g/mol. The standard InChI is InChI=1S/C12H23N.C3H6/c1-4-10-7-9(2)12-11(8-10)5-6-13(12)3;1-3-2/h9-12H,4-8H2,1-3H3;3H,1H2,2H3. The minimum absolute atomic E-state index is 0.919. The van der Waals surface area contributed by atoms with E-state index in [0.29, 0.717) is 0 Å². The Bertz CT molecular complexity index is 211. The van der Waals surface area contributed by atoms with Crippen LogP contribution in [0.2, 0.25) is 0 Å². The Morgan fingerprint density at radius 1 is 1.38 bits per heavy atom. The third-order valence-corrected chi connectivity index (χ3v) is 4.35. The number of nitrogens with zero attached hydrogens (tertiary/aromatic N) is 1. The predicted molar refractivity (Wildman–Crippen MR) is 72.6 cm³/mol. The summed E-state index contributed by atoms with van der Waals surface area (Å²) in [6.45, 7) is 11.4. The number of hydrogen-bond donors (Lipinski definition) is 0. The van der Waals surface area contributed by atoms with Crippen molar-refractivity contribution in [1.82, 2.24) is 4.90 Å². The van der Waals surface area contributed by atoms with E-state index >= 15 is 0 Å². The van der Waals surface area contributed by atoms with E-state index < -0.39 is 0 Å². The Labute approximate surface area is 102 Å². The highest BCUT2D eigenvalue weighted by Crippen LogP contribution is 2.42. The van der Waals surface area contributed by atoms with Crippen LogP contribution in [-0.2, 0) is 0 Å². The number of rotatable bonds is 1. The first-order chi connectivity index (χ1) is 7.63. The molecule has 94 valence electrons. The van der Waals surface area contributed by atoms with Crippen molar-refractivity contribution in [3.05, 3.63) is 12.7 Å². The molecule has 4 atom stereocenters. The molecule has 0 amide bonds. The van der Waals surface area contributed by atoms with Crippen LogP contribution in [0.3, 0.4) is 0 Å². The summed E-state index contributed by atoms with van der Waals surface area (Å²) in [5, 5.41) is 0. The Morgan fingerprint density at radius 2 is 2.00 bits per heavy atom. The van der Waals surface area contributed by atoms with E-state index in [0.717, 1.165) is 23.8 Å². The van der Waals surface area contributed by atoms with Gasteiger partial charge < -0.3 is 4.90 Å². The van der Waals surface area contributed by atoms with Crippen molar-refractivity contribution >= 4 is 0 Å². The van der Waals surface area contributed by atoms with Crippen molar-refractivity contribution in [3.8, 4) is 0 Å². The first-order valence-corrected chi connectivity index (χ1v) is 6.91. The molecule has 0 spiro atoms. The van der Waals surface area contributed by atoms with Crippen molar-refractivity contribution in [1.29, 1.82) is 0 Å². The first-order valence-electron chi connectivity index (χ1n) is 6.91. The normalized spacial score (nSPS) is 38.5. The maximum atomic E-state index is 3.36. The van der Waals surface area contributed by atoms with Crippen LogP contribution in [0.5, 0.6) is 0 Å². The van der Waals surface area contributed by atoms with Crippen LogP contribution in [-0.4, -0.2) is 24.5 Å². The summed E-state index contributed by atoms with van der Waals surface area (Å²) in [5.41, 5.74) is 0. The molecular weight excluding hydrogens is 194 g/mol. The van der Waals surface area contributed by atoms with Gasteiger partial charge in [0, 0.05) is 6.04 Å². The highest BCUT2D eigenvalue weighted by Gasteiger charge is 2.40. The second-order valence-corrected chi connectivity index (χ2v) is 5.65.